The molecule has 0 aromatic carbocycles. The van der Waals surface area contributed by atoms with E-state index in [1.165, 1.54) is 0 Å². The molecule has 0 saturated carbocycles. The molecule has 0 saturated heterocycles. The van der Waals surface area contributed by atoms with Gasteiger partial charge in [0.2, 0.25) is 5.95 Å². The van der Waals surface area contributed by atoms with Crippen molar-refractivity contribution in [2.75, 3.05) is 20.6 Å². The number of fused-ring (bicyclic) bond motifs is 1. The Labute approximate surface area is 143 Å². The first-order valence-electron chi connectivity index (χ1n) is 8.17. The van der Waals surface area contributed by atoms with Crippen molar-refractivity contribution in [2.24, 2.45) is 0 Å². The third kappa shape index (κ3) is 3.13. The van der Waals surface area contributed by atoms with Gasteiger partial charge in [-0.1, -0.05) is 58.9 Å². The fourth-order valence-electron chi connectivity index (χ4n) is 3.39. The van der Waals surface area contributed by atoms with Gasteiger partial charge in [0, 0.05) is 0 Å². The van der Waals surface area contributed by atoms with Gasteiger partial charge in [0.15, 0.2) is 19.9 Å². The number of rotatable bonds is 3. The van der Waals surface area contributed by atoms with Crippen LogP contribution in [0.3, 0.4) is 0 Å². The van der Waals surface area contributed by atoms with Crippen LogP contribution in [0.25, 0.3) is 0 Å². The molecule has 0 radical (unpaired) electrons. The van der Waals surface area contributed by atoms with Crippen LogP contribution in [0.5, 0.6) is 0 Å². The van der Waals surface area contributed by atoms with Crippen molar-refractivity contribution in [1.82, 2.24) is 9.97 Å². The second-order valence-corrected chi connectivity index (χ2v) is 24.4. The van der Waals surface area contributed by atoms with E-state index in [0.717, 1.165) is 11.5 Å². The Bertz CT molecular complexity index is 615. The van der Waals surface area contributed by atoms with Crippen LogP contribution < -0.4 is 20.6 Å². The van der Waals surface area contributed by atoms with Gasteiger partial charge in [0.1, 0.15) is 13.9 Å². The molecule has 0 bridgehead atoms. The molecule has 23 heavy (non-hydrogen) atoms. The number of anilines is 4. The van der Waals surface area contributed by atoms with Gasteiger partial charge in [-0.2, -0.15) is 9.97 Å². The van der Waals surface area contributed by atoms with Crippen molar-refractivity contribution in [3.8, 4) is 0 Å². The van der Waals surface area contributed by atoms with E-state index in [4.69, 9.17) is 11.5 Å². The van der Waals surface area contributed by atoms with Crippen molar-refractivity contribution < 1.29 is 0 Å². The van der Waals surface area contributed by atoms with Crippen molar-refractivity contribution >= 4 is 47.8 Å². The molecular formula is C14H32N6Si3. The van der Waals surface area contributed by atoms with Crippen LogP contribution in [-0.4, -0.2) is 40.3 Å². The Morgan fingerprint density at radius 2 is 1.26 bits per heavy atom. The molecule has 1 aromatic rings. The highest BCUT2D eigenvalue weighted by molar-refractivity contribution is 6.90. The maximum atomic E-state index is 6.32. The third-order valence-electron chi connectivity index (χ3n) is 4.09. The average molecular weight is 369 g/mol. The minimum atomic E-state index is -1.67. The monoisotopic (exact) mass is 368 g/mol. The van der Waals surface area contributed by atoms with Crippen LogP contribution in [0.1, 0.15) is 0 Å². The van der Waals surface area contributed by atoms with Gasteiger partial charge in [-0.3, -0.25) is 0 Å². The molecule has 0 amide bonds. The molecule has 1 aromatic heterocycles. The van der Waals surface area contributed by atoms with E-state index in [9.17, 15) is 0 Å². The van der Waals surface area contributed by atoms with E-state index in [1.807, 2.05) is 0 Å². The summed E-state index contributed by atoms with van der Waals surface area (Å²) in [6, 6.07) is 0. The maximum absolute atomic E-state index is 6.32. The quantitative estimate of drug-likeness (QED) is 0.797. The van der Waals surface area contributed by atoms with E-state index in [1.54, 1.807) is 0 Å². The van der Waals surface area contributed by atoms with E-state index in [2.05, 4.69) is 78.0 Å². The maximum Gasteiger partial charge on any atom is 0.224 e. The van der Waals surface area contributed by atoms with Gasteiger partial charge in [0.05, 0.1) is 13.9 Å². The van der Waals surface area contributed by atoms with Crippen molar-refractivity contribution in [3.05, 3.63) is 0 Å². The molecule has 6 nitrogen and oxygen atoms in total. The number of nitrogen functional groups attached to an aromatic ring is 2. The van der Waals surface area contributed by atoms with Crippen molar-refractivity contribution in [2.45, 2.75) is 64.7 Å². The van der Waals surface area contributed by atoms with E-state index >= 15 is 0 Å². The molecule has 4 N–H and O–H groups in total. The summed E-state index contributed by atoms with van der Waals surface area (Å²) in [6.45, 7) is 21.5. The standard InChI is InChI=1S/C14H32N6Si3/c1-21(2,3)14-19(22(4,5)6)10-11(15)17-13(16)18-12(10)20(14)23(7,8)9/h14H,1-9H3,(H4,15,16,17,18). The summed E-state index contributed by atoms with van der Waals surface area (Å²) < 4.78 is 5.16. The van der Waals surface area contributed by atoms with Gasteiger partial charge in [0.25, 0.3) is 0 Å². The molecule has 1 aliphatic heterocycles. The van der Waals surface area contributed by atoms with Gasteiger partial charge in [-0.15, -0.1) is 0 Å². The Balaban J connectivity index is 2.84. The lowest BCUT2D eigenvalue weighted by Crippen LogP contribution is -2.68. The van der Waals surface area contributed by atoms with Gasteiger partial charge in [-0.05, 0) is 0 Å². The highest BCUT2D eigenvalue weighted by Gasteiger charge is 2.53. The first-order chi connectivity index (χ1) is 10.2. The SMILES string of the molecule is C[Si](C)(C)C1N([Si](C)(C)C)c2nc(N)nc(N)c2N1[Si](C)(C)C. The average Bonchev–Trinajstić information content (AvgIpc) is 2.62. The van der Waals surface area contributed by atoms with Crippen LogP contribution in [0.2, 0.25) is 58.9 Å². The summed E-state index contributed by atoms with van der Waals surface area (Å²) in [4.78, 5) is 8.91. The highest BCUT2D eigenvalue weighted by Crippen LogP contribution is 2.48. The smallest absolute Gasteiger partial charge is 0.224 e. The van der Waals surface area contributed by atoms with Crippen molar-refractivity contribution in [3.63, 3.8) is 0 Å². The van der Waals surface area contributed by atoms with Crippen LogP contribution in [-0.2, 0) is 0 Å². The minimum Gasteiger partial charge on any atom is -0.382 e. The summed E-state index contributed by atoms with van der Waals surface area (Å²) in [5.41, 5.74) is 13.3. The molecule has 0 aliphatic carbocycles. The molecule has 9 heteroatoms. The Morgan fingerprint density at radius 3 is 1.65 bits per heavy atom. The molecule has 130 valence electrons. The van der Waals surface area contributed by atoms with E-state index in [-0.39, 0.29) is 5.95 Å². The largest absolute Gasteiger partial charge is 0.382 e. The lowest BCUT2D eigenvalue weighted by atomic mass is 10.4. The Hall–Kier alpha value is -1.07. The Kier molecular flexibility index (Phi) is 4.14. The fourth-order valence-corrected chi connectivity index (χ4v) is 13.3. The van der Waals surface area contributed by atoms with Crippen LogP contribution in [0, 0.1) is 0 Å². The molecule has 2 heterocycles. The van der Waals surface area contributed by atoms with Crippen molar-refractivity contribution in [1.29, 1.82) is 0 Å². The highest BCUT2D eigenvalue weighted by atomic mass is 28.3. The topological polar surface area (TPSA) is 84.3 Å². The van der Waals surface area contributed by atoms with E-state index < -0.39 is 24.5 Å². The number of aromatic nitrogens is 2. The Morgan fingerprint density at radius 1 is 0.783 bits per heavy atom. The number of hydrogen-bond donors (Lipinski definition) is 2. The fraction of sp³-hybridized carbons (Fsp3) is 0.714. The molecule has 1 unspecified atom stereocenters. The normalized spacial score (nSPS) is 19.3. The predicted octanol–water partition coefficient (Wildman–Crippen LogP) is 3.14. The summed E-state index contributed by atoms with van der Waals surface area (Å²) in [5.74, 6) is 2.13. The second-order valence-electron chi connectivity index (χ2n) is 9.46. The first kappa shape index (κ1) is 18.3. The summed E-state index contributed by atoms with van der Waals surface area (Å²) >= 11 is 0. The molecule has 0 fully saturated rings. The van der Waals surface area contributed by atoms with Crippen LogP contribution in [0.4, 0.5) is 23.3 Å². The first-order valence-corrected chi connectivity index (χ1v) is 18.6. The summed E-state index contributed by atoms with van der Waals surface area (Å²) in [7, 11) is -4.89. The molecule has 2 rings (SSSR count). The van der Waals surface area contributed by atoms with Gasteiger partial charge in [-0.25, -0.2) is 0 Å². The summed E-state index contributed by atoms with van der Waals surface area (Å²) in [5, 5.41) is 0. The van der Waals surface area contributed by atoms with Crippen LogP contribution >= 0.6 is 0 Å². The molecule has 1 aliphatic rings. The lowest BCUT2D eigenvalue weighted by molar-refractivity contribution is 0.902. The zero-order chi connectivity index (χ0) is 18.0. The lowest BCUT2D eigenvalue weighted by Gasteiger charge is -2.49. The number of hydrogen-bond acceptors (Lipinski definition) is 6. The zero-order valence-corrected chi connectivity index (χ0v) is 19.0. The molecule has 0 spiro atoms. The molecule has 1 atom stereocenters. The van der Waals surface area contributed by atoms with Gasteiger partial charge < -0.3 is 20.6 Å². The van der Waals surface area contributed by atoms with E-state index in [0.29, 0.717) is 11.6 Å². The second kappa shape index (κ2) is 5.21. The number of nitrogens with zero attached hydrogens (tertiary/aromatic N) is 4. The third-order valence-corrected chi connectivity index (χ3v) is 10.5. The van der Waals surface area contributed by atoms with Crippen LogP contribution in [0.15, 0.2) is 0 Å². The summed E-state index contributed by atoms with van der Waals surface area (Å²) in [6.07, 6.45) is 0. The predicted molar refractivity (Wildman–Crippen MR) is 110 cm³/mol. The molecular weight excluding hydrogens is 336 g/mol. The van der Waals surface area contributed by atoms with Gasteiger partial charge >= 0.3 is 0 Å². The number of nitrogens with two attached hydrogens (primary N) is 2. The minimum absolute atomic E-state index is 0.274. The zero-order valence-electron chi connectivity index (χ0n) is 16.0.